The van der Waals surface area contributed by atoms with Crippen molar-refractivity contribution in [1.29, 1.82) is 0 Å². The van der Waals surface area contributed by atoms with Gasteiger partial charge in [-0.3, -0.25) is 0 Å². The highest BCUT2D eigenvalue weighted by Crippen LogP contribution is 2.30. The lowest BCUT2D eigenvalue weighted by Crippen LogP contribution is -2.43. The van der Waals surface area contributed by atoms with Crippen LogP contribution in [0.5, 0.6) is 0 Å². The summed E-state index contributed by atoms with van der Waals surface area (Å²) >= 11 is 0. The fraction of sp³-hybridized carbons (Fsp3) is 1.00. The van der Waals surface area contributed by atoms with E-state index in [1.54, 1.807) is 0 Å². The van der Waals surface area contributed by atoms with Crippen LogP contribution in [-0.4, -0.2) is 37.1 Å². The number of nitrogens with one attached hydrogen (secondary N) is 1. The fourth-order valence-corrected chi connectivity index (χ4v) is 2.24. The van der Waals surface area contributed by atoms with Crippen LogP contribution in [0.3, 0.4) is 0 Å². The third-order valence-electron chi connectivity index (χ3n) is 3.76. The van der Waals surface area contributed by atoms with E-state index in [1.807, 2.05) is 0 Å². The molecule has 0 aromatic heterocycles. The van der Waals surface area contributed by atoms with Gasteiger partial charge in [-0.05, 0) is 57.8 Å². The Morgan fingerprint density at radius 1 is 1.27 bits per heavy atom. The van der Waals surface area contributed by atoms with Gasteiger partial charge in [0.2, 0.25) is 0 Å². The Labute approximate surface area is 95.4 Å². The van der Waals surface area contributed by atoms with Crippen molar-refractivity contribution in [2.75, 3.05) is 26.2 Å². The third-order valence-corrected chi connectivity index (χ3v) is 3.76. The van der Waals surface area contributed by atoms with Crippen molar-refractivity contribution in [2.45, 2.75) is 53.0 Å². The molecule has 1 saturated heterocycles. The average Bonchev–Trinajstić information content (AvgIpc) is 2.18. The normalized spacial score (nSPS) is 24.0. The molecule has 0 aromatic rings. The predicted molar refractivity (Wildman–Crippen MR) is 67.2 cm³/mol. The number of piperidine rings is 1. The van der Waals surface area contributed by atoms with Gasteiger partial charge in [-0.15, -0.1) is 0 Å². The lowest BCUT2D eigenvalue weighted by atomic mass is 9.82. The molecule has 1 aliphatic heterocycles. The van der Waals surface area contributed by atoms with Crippen molar-refractivity contribution in [1.82, 2.24) is 10.2 Å². The highest BCUT2D eigenvalue weighted by atomic mass is 15.2. The van der Waals surface area contributed by atoms with Gasteiger partial charge >= 0.3 is 0 Å². The number of hydrogen-bond donors (Lipinski definition) is 1. The standard InChI is InChI=1S/C13H28N2/c1-5-14-9-6-12(2)15-10-7-13(3,4)8-11-15/h12,14H,5-11H2,1-4H3. The predicted octanol–water partition coefficient (Wildman–Crippen LogP) is 2.50. The molecule has 1 aliphatic rings. The lowest BCUT2D eigenvalue weighted by Gasteiger charge is -2.40. The molecule has 1 fully saturated rings. The SMILES string of the molecule is CCNCCC(C)N1CCC(C)(C)CC1. The van der Waals surface area contributed by atoms with Crippen LogP contribution in [0, 0.1) is 5.41 Å². The van der Waals surface area contributed by atoms with Crippen LogP contribution in [0.4, 0.5) is 0 Å². The molecule has 2 heteroatoms. The van der Waals surface area contributed by atoms with Gasteiger partial charge in [0, 0.05) is 6.04 Å². The van der Waals surface area contributed by atoms with Gasteiger partial charge in [-0.2, -0.15) is 0 Å². The van der Waals surface area contributed by atoms with E-state index >= 15 is 0 Å². The molecular weight excluding hydrogens is 184 g/mol. The van der Waals surface area contributed by atoms with Gasteiger partial charge in [-0.1, -0.05) is 20.8 Å². The maximum absolute atomic E-state index is 3.41. The summed E-state index contributed by atoms with van der Waals surface area (Å²) in [5, 5.41) is 3.41. The molecule has 1 N–H and O–H groups in total. The summed E-state index contributed by atoms with van der Waals surface area (Å²) < 4.78 is 0. The Bertz CT molecular complexity index is 167. The van der Waals surface area contributed by atoms with E-state index in [0.717, 1.165) is 19.1 Å². The van der Waals surface area contributed by atoms with Gasteiger partial charge in [0.15, 0.2) is 0 Å². The van der Waals surface area contributed by atoms with E-state index in [9.17, 15) is 0 Å². The molecule has 0 bridgehead atoms. The van der Waals surface area contributed by atoms with Crippen LogP contribution < -0.4 is 5.32 Å². The first kappa shape index (κ1) is 13.0. The van der Waals surface area contributed by atoms with Crippen LogP contribution >= 0.6 is 0 Å². The molecule has 0 aliphatic carbocycles. The summed E-state index contributed by atoms with van der Waals surface area (Å²) in [6.45, 7) is 14.2. The van der Waals surface area contributed by atoms with Gasteiger partial charge in [-0.25, -0.2) is 0 Å². The minimum absolute atomic E-state index is 0.581. The molecule has 1 atom stereocenters. The maximum Gasteiger partial charge on any atom is 0.00790 e. The van der Waals surface area contributed by atoms with Crippen molar-refractivity contribution in [3.8, 4) is 0 Å². The summed E-state index contributed by atoms with van der Waals surface area (Å²) in [6, 6.07) is 0.750. The molecule has 1 rings (SSSR count). The van der Waals surface area contributed by atoms with E-state index < -0.39 is 0 Å². The van der Waals surface area contributed by atoms with Crippen molar-refractivity contribution in [3.05, 3.63) is 0 Å². The molecular formula is C13H28N2. The largest absolute Gasteiger partial charge is 0.317 e. The molecule has 1 heterocycles. The van der Waals surface area contributed by atoms with Gasteiger partial charge in [0.1, 0.15) is 0 Å². The molecule has 0 radical (unpaired) electrons. The Balaban J connectivity index is 2.21. The van der Waals surface area contributed by atoms with Crippen molar-refractivity contribution >= 4 is 0 Å². The first-order valence-electron chi connectivity index (χ1n) is 6.50. The maximum atomic E-state index is 3.41. The summed E-state index contributed by atoms with van der Waals surface area (Å²) in [4.78, 5) is 2.66. The molecule has 0 spiro atoms. The van der Waals surface area contributed by atoms with E-state index in [2.05, 4.69) is 37.9 Å². The first-order valence-corrected chi connectivity index (χ1v) is 6.50. The number of nitrogens with zero attached hydrogens (tertiary/aromatic N) is 1. The van der Waals surface area contributed by atoms with Gasteiger partial charge in [0.25, 0.3) is 0 Å². The van der Waals surface area contributed by atoms with Gasteiger partial charge < -0.3 is 10.2 Å². The second-order valence-corrected chi connectivity index (χ2v) is 5.69. The number of likely N-dealkylation sites (tertiary alicyclic amines) is 1. The number of rotatable bonds is 5. The van der Waals surface area contributed by atoms with Crippen molar-refractivity contribution in [3.63, 3.8) is 0 Å². The Morgan fingerprint density at radius 3 is 2.40 bits per heavy atom. The van der Waals surface area contributed by atoms with Crippen LogP contribution in [-0.2, 0) is 0 Å². The third kappa shape index (κ3) is 4.52. The molecule has 0 amide bonds. The Morgan fingerprint density at radius 2 is 1.87 bits per heavy atom. The Hall–Kier alpha value is -0.0800. The summed E-state index contributed by atoms with van der Waals surface area (Å²) in [7, 11) is 0. The smallest absolute Gasteiger partial charge is 0.00790 e. The quantitative estimate of drug-likeness (QED) is 0.704. The lowest BCUT2D eigenvalue weighted by molar-refractivity contribution is 0.0969. The average molecular weight is 212 g/mol. The van der Waals surface area contributed by atoms with Crippen molar-refractivity contribution in [2.24, 2.45) is 5.41 Å². The highest BCUT2D eigenvalue weighted by molar-refractivity contribution is 4.81. The van der Waals surface area contributed by atoms with E-state index in [-0.39, 0.29) is 0 Å². The summed E-state index contributed by atoms with van der Waals surface area (Å²) in [6.07, 6.45) is 4.01. The Kier molecular flexibility index (Phi) is 5.07. The minimum atomic E-state index is 0.581. The monoisotopic (exact) mass is 212 g/mol. The molecule has 2 nitrogen and oxygen atoms in total. The van der Waals surface area contributed by atoms with Gasteiger partial charge in [0.05, 0.1) is 0 Å². The zero-order valence-corrected chi connectivity index (χ0v) is 11.0. The zero-order chi connectivity index (χ0) is 11.3. The summed E-state index contributed by atoms with van der Waals surface area (Å²) in [5.41, 5.74) is 0.581. The molecule has 15 heavy (non-hydrogen) atoms. The second-order valence-electron chi connectivity index (χ2n) is 5.69. The van der Waals surface area contributed by atoms with Crippen molar-refractivity contribution < 1.29 is 0 Å². The molecule has 0 saturated carbocycles. The van der Waals surface area contributed by atoms with E-state index in [1.165, 1.54) is 32.4 Å². The topological polar surface area (TPSA) is 15.3 Å². The first-order chi connectivity index (χ1) is 7.05. The zero-order valence-electron chi connectivity index (χ0n) is 11.0. The molecule has 1 unspecified atom stereocenters. The second kappa shape index (κ2) is 5.86. The van der Waals surface area contributed by atoms with Crippen LogP contribution in [0.1, 0.15) is 47.0 Å². The fourth-order valence-electron chi connectivity index (χ4n) is 2.24. The highest BCUT2D eigenvalue weighted by Gasteiger charge is 2.27. The molecule has 0 aromatic carbocycles. The van der Waals surface area contributed by atoms with Crippen LogP contribution in [0.2, 0.25) is 0 Å². The summed E-state index contributed by atoms with van der Waals surface area (Å²) in [5.74, 6) is 0. The van der Waals surface area contributed by atoms with Crippen LogP contribution in [0.25, 0.3) is 0 Å². The minimum Gasteiger partial charge on any atom is -0.317 e. The molecule has 90 valence electrons. The van der Waals surface area contributed by atoms with Crippen LogP contribution in [0.15, 0.2) is 0 Å². The number of hydrogen-bond acceptors (Lipinski definition) is 2. The van der Waals surface area contributed by atoms with E-state index in [4.69, 9.17) is 0 Å². The van der Waals surface area contributed by atoms with E-state index in [0.29, 0.717) is 5.41 Å².